The molecule has 0 aromatic rings. The van der Waals surface area contributed by atoms with Gasteiger partial charge >= 0.3 is 0 Å². The van der Waals surface area contributed by atoms with Gasteiger partial charge in [0.15, 0.2) is 0 Å². The molecule has 0 N–H and O–H groups in total. The van der Waals surface area contributed by atoms with Gasteiger partial charge in [-0.3, -0.25) is 4.90 Å². The van der Waals surface area contributed by atoms with Crippen LogP contribution in [-0.4, -0.2) is 23.5 Å². The molecule has 0 aromatic heterocycles. The Morgan fingerprint density at radius 3 is 2.00 bits per heavy atom. The molecule has 2 heteroatoms. The van der Waals surface area contributed by atoms with Crippen LogP contribution in [-0.2, 0) is 0 Å². The fourth-order valence-electron chi connectivity index (χ4n) is 1.53. The van der Waals surface area contributed by atoms with Crippen molar-refractivity contribution < 1.29 is 0 Å². The van der Waals surface area contributed by atoms with E-state index in [1.165, 1.54) is 12.8 Å². The summed E-state index contributed by atoms with van der Waals surface area (Å²) in [4.78, 5) is 2.47. The maximum Gasteiger partial charge on any atom is 0.0153 e. The molecule has 0 spiro atoms. The molecule has 0 aliphatic carbocycles. The van der Waals surface area contributed by atoms with E-state index in [4.69, 9.17) is 0 Å². The van der Waals surface area contributed by atoms with Gasteiger partial charge in [0.1, 0.15) is 0 Å². The molecular formula is C8H18ClN. The van der Waals surface area contributed by atoms with E-state index >= 15 is 0 Å². The third-order valence-corrected chi connectivity index (χ3v) is 2.79. The molecule has 0 aromatic carbocycles. The summed E-state index contributed by atoms with van der Waals surface area (Å²) in [6, 6.07) is 0.792. The van der Waals surface area contributed by atoms with E-state index in [1.54, 1.807) is 0 Å². The summed E-state index contributed by atoms with van der Waals surface area (Å²) in [5, 5.41) is 0. The third-order valence-electron chi connectivity index (χ3n) is 2.79. The molecule has 1 atom stereocenters. The van der Waals surface area contributed by atoms with Gasteiger partial charge in [0.25, 0.3) is 0 Å². The van der Waals surface area contributed by atoms with E-state index < -0.39 is 0 Å². The van der Waals surface area contributed by atoms with Crippen LogP contribution in [0.5, 0.6) is 0 Å². The molecule has 1 saturated heterocycles. The Morgan fingerprint density at radius 2 is 1.90 bits per heavy atom. The Bertz CT molecular complexity index is 112. The fourth-order valence-corrected chi connectivity index (χ4v) is 1.53. The lowest BCUT2D eigenvalue weighted by atomic mass is 10.0. The normalized spacial score (nSPS) is 31.8. The molecule has 0 bridgehead atoms. The predicted octanol–water partition coefficient (Wildman–Crippen LogP) is 2.30. The summed E-state index contributed by atoms with van der Waals surface area (Å²) >= 11 is 0. The van der Waals surface area contributed by atoms with Crippen LogP contribution >= 0.6 is 12.4 Å². The summed E-state index contributed by atoms with van der Waals surface area (Å²) in [6.07, 6.45) is 2.72. The van der Waals surface area contributed by atoms with Crippen molar-refractivity contribution in [1.82, 2.24) is 4.90 Å². The number of rotatable bonds is 0. The Morgan fingerprint density at radius 1 is 1.40 bits per heavy atom. The molecule has 1 rings (SSSR count). The second-order valence-corrected chi connectivity index (χ2v) is 3.81. The van der Waals surface area contributed by atoms with Gasteiger partial charge in [-0.25, -0.2) is 0 Å². The highest BCUT2D eigenvalue weighted by molar-refractivity contribution is 5.85. The zero-order valence-electron chi connectivity index (χ0n) is 7.35. The van der Waals surface area contributed by atoms with Crippen LogP contribution in [0.2, 0.25) is 0 Å². The van der Waals surface area contributed by atoms with Crippen molar-refractivity contribution in [3.8, 4) is 0 Å². The zero-order chi connectivity index (χ0) is 7.07. The van der Waals surface area contributed by atoms with E-state index in [1.807, 2.05) is 0 Å². The number of nitrogens with zero attached hydrogens (tertiary/aromatic N) is 1. The van der Waals surface area contributed by atoms with Gasteiger partial charge in [-0.15, -0.1) is 12.4 Å². The minimum absolute atomic E-state index is 0. The molecule has 1 unspecified atom stereocenters. The Kier molecular flexibility index (Phi) is 3.18. The van der Waals surface area contributed by atoms with Gasteiger partial charge < -0.3 is 0 Å². The molecule has 62 valence electrons. The maximum atomic E-state index is 2.47. The average molecular weight is 164 g/mol. The molecule has 10 heavy (non-hydrogen) atoms. The lowest BCUT2D eigenvalue weighted by Crippen LogP contribution is -2.38. The minimum Gasteiger partial charge on any atom is -0.299 e. The molecule has 1 fully saturated rings. The first-order chi connectivity index (χ1) is 4.04. The van der Waals surface area contributed by atoms with Crippen molar-refractivity contribution in [2.75, 3.05) is 7.05 Å². The van der Waals surface area contributed by atoms with Crippen LogP contribution in [0.3, 0.4) is 0 Å². The van der Waals surface area contributed by atoms with Crippen LogP contribution in [0.25, 0.3) is 0 Å². The summed E-state index contributed by atoms with van der Waals surface area (Å²) in [6.45, 7) is 6.93. The average Bonchev–Trinajstić information content (AvgIpc) is 1.97. The van der Waals surface area contributed by atoms with Gasteiger partial charge in [0, 0.05) is 11.6 Å². The fraction of sp³-hybridized carbons (Fsp3) is 1.00. The summed E-state index contributed by atoms with van der Waals surface area (Å²) in [7, 11) is 2.22. The quantitative estimate of drug-likeness (QED) is 0.530. The van der Waals surface area contributed by atoms with E-state index in [-0.39, 0.29) is 12.4 Å². The van der Waals surface area contributed by atoms with Gasteiger partial charge in [-0.2, -0.15) is 0 Å². The predicted molar refractivity (Wildman–Crippen MR) is 47.8 cm³/mol. The van der Waals surface area contributed by atoms with E-state index in [9.17, 15) is 0 Å². The number of likely N-dealkylation sites (tertiary alicyclic amines) is 1. The first-order valence-electron chi connectivity index (χ1n) is 3.77. The SMILES string of the molecule is CC1CCC(C)(C)N1C.Cl. The summed E-state index contributed by atoms with van der Waals surface area (Å²) in [5.74, 6) is 0. The zero-order valence-corrected chi connectivity index (χ0v) is 8.16. The molecule has 0 saturated carbocycles. The van der Waals surface area contributed by atoms with Crippen LogP contribution in [0.1, 0.15) is 33.6 Å². The smallest absolute Gasteiger partial charge is 0.0153 e. The van der Waals surface area contributed by atoms with E-state index in [0.29, 0.717) is 5.54 Å². The summed E-state index contributed by atoms with van der Waals surface area (Å²) < 4.78 is 0. The molecular weight excluding hydrogens is 146 g/mol. The van der Waals surface area contributed by atoms with Crippen LogP contribution in [0.15, 0.2) is 0 Å². The highest BCUT2D eigenvalue weighted by Crippen LogP contribution is 2.30. The lowest BCUT2D eigenvalue weighted by Gasteiger charge is -2.30. The van der Waals surface area contributed by atoms with Gasteiger partial charge in [0.05, 0.1) is 0 Å². The van der Waals surface area contributed by atoms with Crippen molar-refractivity contribution in [3.05, 3.63) is 0 Å². The largest absolute Gasteiger partial charge is 0.299 e. The molecule has 1 heterocycles. The second-order valence-electron chi connectivity index (χ2n) is 3.81. The van der Waals surface area contributed by atoms with Crippen molar-refractivity contribution in [2.45, 2.75) is 45.2 Å². The second kappa shape index (κ2) is 3.10. The van der Waals surface area contributed by atoms with Gasteiger partial charge in [-0.1, -0.05) is 0 Å². The maximum absolute atomic E-state index is 2.47. The highest BCUT2D eigenvalue weighted by Gasteiger charge is 2.33. The standard InChI is InChI=1S/C8H17N.ClH/c1-7-5-6-8(2,3)9(7)4;/h7H,5-6H2,1-4H3;1H. The van der Waals surface area contributed by atoms with E-state index in [0.717, 1.165) is 6.04 Å². The lowest BCUT2D eigenvalue weighted by molar-refractivity contribution is 0.178. The Labute approximate surface area is 70.2 Å². The first kappa shape index (κ1) is 10.2. The Hall–Kier alpha value is 0.250. The van der Waals surface area contributed by atoms with Gasteiger partial charge in [-0.05, 0) is 40.7 Å². The molecule has 0 radical (unpaired) electrons. The molecule has 1 aliphatic heterocycles. The number of hydrogen-bond donors (Lipinski definition) is 0. The van der Waals surface area contributed by atoms with Crippen LogP contribution < -0.4 is 0 Å². The highest BCUT2D eigenvalue weighted by atomic mass is 35.5. The third kappa shape index (κ3) is 1.64. The van der Waals surface area contributed by atoms with Crippen LogP contribution in [0.4, 0.5) is 0 Å². The number of hydrogen-bond acceptors (Lipinski definition) is 1. The molecule has 0 amide bonds. The van der Waals surface area contributed by atoms with Crippen molar-refractivity contribution >= 4 is 12.4 Å². The van der Waals surface area contributed by atoms with Gasteiger partial charge in [0.2, 0.25) is 0 Å². The van der Waals surface area contributed by atoms with Crippen LogP contribution in [0, 0.1) is 0 Å². The molecule has 1 nitrogen and oxygen atoms in total. The first-order valence-corrected chi connectivity index (χ1v) is 3.77. The monoisotopic (exact) mass is 163 g/mol. The molecule has 1 aliphatic rings. The number of halogens is 1. The minimum atomic E-state index is 0. The van der Waals surface area contributed by atoms with Crippen molar-refractivity contribution in [3.63, 3.8) is 0 Å². The van der Waals surface area contributed by atoms with Crippen molar-refractivity contribution in [2.24, 2.45) is 0 Å². The van der Waals surface area contributed by atoms with E-state index in [2.05, 4.69) is 32.7 Å². The summed E-state index contributed by atoms with van der Waals surface area (Å²) in [5.41, 5.74) is 0.458. The topological polar surface area (TPSA) is 3.24 Å². The Balaban J connectivity index is 0.000000810. The van der Waals surface area contributed by atoms with Crippen molar-refractivity contribution in [1.29, 1.82) is 0 Å².